The summed E-state index contributed by atoms with van der Waals surface area (Å²) >= 11 is 0. The molecule has 0 radical (unpaired) electrons. The zero-order chi connectivity index (χ0) is 19.9. The maximum Gasteiger partial charge on any atom is 0.252 e. The van der Waals surface area contributed by atoms with E-state index in [0.29, 0.717) is 25.3 Å². The first-order valence-corrected chi connectivity index (χ1v) is 9.53. The van der Waals surface area contributed by atoms with Crippen molar-refractivity contribution < 1.29 is 9.53 Å². The number of hydrogen-bond acceptors (Lipinski definition) is 5. The minimum Gasteiger partial charge on any atom is -0.383 e. The molecule has 0 saturated heterocycles. The number of methoxy groups -OCH3 is 1. The fraction of sp³-hybridized carbons (Fsp3) is 0.381. The van der Waals surface area contributed by atoms with Crippen molar-refractivity contribution in [1.82, 2.24) is 25.4 Å². The van der Waals surface area contributed by atoms with Gasteiger partial charge in [0.25, 0.3) is 5.91 Å². The molecule has 0 aliphatic carbocycles. The lowest BCUT2D eigenvalue weighted by Gasteiger charge is -2.11. The fourth-order valence-corrected chi connectivity index (χ4v) is 3.00. The van der Waals surface area contributed by atoms with Crippen molar-refractivity contribution in [2.75, 3.05) is 33.4 Å². The molecule has 0 atom stereocenters. The van der Waals surface area contributed by atoms with Crippen molar-refractivity contribution in [1.29, 1.82) is 0 Å². The van der Waals surface area contributed by atoms with Gasteiger partial charge in [0.1, 0.15) is 0 Å². The summed E-state index contributed by atoms with van der Waals surface area (Å²) in [5, 5.41) is 11.4. The number of nitrogens with zero attached hydrogens (tertiary/aromatic N) is 3. The highest BCUT2D eigenvalue weighted by Crippen LogP contribution is 2.26. The van der Waals surface area contributed by atoms with Crippen LogP contribution < -0.4 is 10.6 Å². The van der Waals surface area contributed by atoms with Crippen LogP contribution in [0.5, 0.6) is 0 Å². The molecule has 2 N–H and O–H groups in total. The van der Waals surface area contributed by atoms with Crippen LogP contribution in [-0.2, 0) is 4.74 Å². The summed E-state index contributed by atoms with van der Waals surface area (Å²) in [6.45, 7) is 6.72. The van der Waals surface area contributed by atoms with Crippen molar-refractivity contribution in [3.05, 3.63) is 48.2 Å². The Morgan fingerprint density at radius 1 is 1.18 bits per heavy atom. The lowest BCUT2D eigenvalue weighted by Crippen LogP contribution is -2.33. The van der Waals surface area contributed by atoms with Gasteiger partial charge in [-0.1, -0.05) is 30.3 Å². The smallest absolute Gasteiger partial charge is 0.252 e. The molecule has 148 valence electrons. The molecule has 3 aromatic rings. The number of aromatic nitrogens is 3. The number of amides is 1. The van der Waals surface area contributed by atoms with Crippen LogP contribution in [0.15, 0.2) is 42.6 Å². The first-order valence-electron chi connectivity index (χ1n) is 9.53. The van der Waals surface area contributed by atoms with Crippen LogP contribution in [0.1, 0.15) is 30.2 Å². The monoisotopic (exact) mass is 381 g/mol. The van der Waals surface area contributed by atoms with Crippen molar-refractivity contribution in [3.8, 4) is 11.3 Å². The van der Waals surface area contributed by atoms with E-state index in [1.165, 1.54) is 0 Å². The Morgan fingerprint density at radius 3 is 2.68 bits per heavy atom. The van der Waals surface area contributed by atoms with Crippen LogP contribution in [0.25, 0.3) is 22.3 Å². The van der Waals surface area contributed by atoms with Crippen molar-refractivity contribution in [3.63, 3.8) is 0 Å². The Hall–Kier alpha value is -2.77. The van der Waals surface area contributed by atoms with Crippen molar-refractivity contribution >= 4 is 16.9 Å². The summed E-state index contributed by atoms with van der Waals surface area (Å²) < 4.78 is 6.85. The highest BCUT2D eigenvalue weighted by molar-refractivity contribution is 6.06. The van der Waals surface area contributed by atoms with Gasteiger partial charge in [-0.3, -0.25) is 4.79 Å². The second kappa shape index (κ2) is 9.43. The van der Waals surface area contributed by atoms with Crippen LogP contribution in [-0.4, -0.2) is 54.0 Å². The SMILES string of the molecule is COCCNCCNC(=O)c1cc(-c2ccccc2)nc2c1cnn2C(C)C. The molecule has 0 fully saturated rings. The van der Waals surface area contributed by atoms with Gasteiger partial charge in [-0.15, -0.1) is 0 Å². The van der Waals surface area contributed by atoms with E-state index in [4.69, 9.17) is 9.72 Å². The molecule has 2 aromatic heterocycles. The molecular formula is C21H27N5O2. The van der Waals surface area contributed by atoms with Gasteiger partial charge in [0.05, 0.1) is 29.4 Å². The summed E-state index contributed by atoms with van der Waals surface area (Å²) in [6, 6.07) is 11.9. The third-order valence-corrected chi connectivity index (χ3v) is 4.44. The first-order chi connectivity index (χ1) is 13.6. The molecule has 0 aliphatic rings. The van der Waals surface area contributed by atoms with E-state index in [0.717, 1.165) is 28.8 Å². The molecular weight excluding hydrogens is 354 g/mol. The third-order valence-electron chi connectivity index (χ3n) is 4.44. The lowest BCUT2D eigenvalue weighted by molar-refractivity contribution is 0.0955. The minimum atomic E-state index is -0.124. The van der Waals surface area contributed by atoms with E-state index in [1.807, 2.05) is 41.1 Å². The van der Waals surface area contributed by atoms with Crippen molar-refractivity contribution in [2.45, 2.75) is 19.9 Å². The molecule has 0 unspecified atom stereocenters. The Kier molecular flexibility index (Phi) is 6.73. The molecule has 28 heavy (non-hydrogen) atoms. The predicted molar refractivity (Wildman–Crippen MR) is 110 cm³/mol. The van der Waals surface area contributed by atoms with E-state index in [-0.39, 0.29) is 11.9 Å². The Morgan fingerprint density at radius 2 is 1.96 bits per heavy atom. The third kappa shape index (κ3) is 4.55. The highest BCUT2D eigenvalue weighted by atomic mass is 16.5. The number of carbonyl (C=O) groups is 1. The Balaban J connectivity index is 1.88. The van der Waals surface area contributed by atoms with Gasteiger partial charge in [0, 0.05) is 38.3 Å². The zero-order valence-electron chi connectivity index (χ0n) is 16.6. The normalized spacial score (nSPS) is 11.3. The summed E-state index contributed by atoms with van der Waals surface area (Å²) in [6.07, 6.45) is 1.73. The fourth-order valence-electron chi connectivity index (χ4n) is 3.00. The van der Waals surface area contributed by atoms with Gasteiger partial charge in [0.15, 0.2) is 5.65 Å². The number of carbonyl (C=O) groups excluding carboxylic acids is 1. The highest BCUT2D eigenvalue weighted by Gasteiger charge is 2.18. The first kappa shape index (κ1) is 20.0. The molecule has 7 heteroatoms. The van der Waals surface area contributed by atoms with Gasteiger partial charge in [-0.2, -0.15) is 5.10 Å². The average molecular weight is 381 g/mol. The number of ether oxygens (including phenoxy) is 1. The minimum absolute atomic E-state index is 0.124. The van der Waals surface area contributed by atoms with Crippen LogP contribution in [0.3, 0.4) is 0 Å². The standard InChI is InChI=1S/C21H27N5O2/c1-15(2)26-20-18(14-24-26)17(21(27)23-10-9-22-11-12-28-3)13-19(25-20)16-7-5-4-6-8-16/h4-8,13-15,22H,9-12H2,1-3H3,(H,23,27). The molecule has 1 aromatic carbocycles. The van der Waals surface area contributed by atoms with Gasteiger partial charge < -0.3 is 15.4 Å². The van der Waals surface area contributed by atoms with E-state index in [1.54, 1.807) is 13.3 Å². The van der Waals surface area contributed by atoms with Gasteiger partial charge >= 0.3 is 0 Å². The molecule has 0 bridgehead atoms. The quantitative estimate of drug-likeness (QED) is 0.557. The maximum absolute atomic E-state index is 12.9. The van der Waals surface area contributed by atoms with Gasteiger partial charge in [0.2, 0.25) is 0 Å². The van der Waals surface area contributed by atoms with E-state index < -0.39 is 0 Å². The molecule has 7 nitrogen and oxygen atoms in total. The summed E-state index contributed by atoms with van der Waals surface area (Å²) in [7, 11) is 1.67. The topological polar surface area (TPSA) is 81.1 Å². The molecule has 0 aliphatic heterocycles. The van der Waals surface area contributed by atoms with Crippen LogP contribution in [0.4, 0.5) is 0 Å². The summed E-state index contributed by atoms with van der Waals surface area (Å²) in [5.74, 6) is -0.124. The lowest BCUT2D eigenvalue weighted by atomic mass is 10.1. The molecule has 1 amide bonds. The molecule has 2 heterocycles. The Labute approximate surface area is 165 Å². The number of nitrogens with one attached hydrogen (secondary N) is 2. The van der Waals surface area contributed by atoms with Crippen molar-refractivity contribution in [2.24, 2.45) is 0 Å². The predicted octanol–water partition coefficient (Wildman–Crippen LogP) is 2.65. The number of pyridine rings is 1. The zero-order valence-corrected chi connectivity index (χ0v) is 16.6. The number of benzene rings is 1. The van der Waals surface area contributed by atoms with Gasteiger partial charge in [-0.05, 0) is 19.9 Å². The van der Waals surface area contributed by atoms with E-state index in [9.17, 15) is 4.79 Å². The Bertz CT molecular complexity index is 921. The number of hydrogen-bond donors (Lipinski definition) is 2. The maximum atomic E-state index is 12.9. The van der Waals surface area contributed by atoms with E-state index in [2.05, 4.69) is 29.6 Å². The molecule has 0 saturated carbocycles. The van der Waals surface area contributed by atoms with Crippen LogP contribution >= 0.6 is 0 Å². The second-order valence-corrected chi connectivity index (χ2v) is 6.84. The average Bonchev–Trinajstić information content (AvgIpc) is 3.14. The summed E-state index contributed by atoms with van der Waals surface area (Å²) in [5.41, 5.74) is 3.04. The van der Waals surface area contributed by atoms with Crippen LogP contribution in [0.2, 0.25) is 0 Å². The largest absolute Gasteiger partial charge is 0.383 e. The van der Waals surface area contributed by atoms with Gasteiger partial charge in [-0.25, -0.2) is 9.67 Å². The van der Waals surface area contributed by atoms with E-state index >= 15 is 0 Å². The molecule has 0 spiro atoms. The number of fused-ring (bicyclic) bond motifs is 1. The second-order valence-electron chi connectivity index (χ2n) is 6.84. The molecule has 3 rings (SSSR count). The van der Waals surface area contributed by atoms with Crippen LogP contribution in [0, 0.1) is 0 Å². The number of rotatable bonds is 9. The summed E-state index contributed by atoms with van der Waals surface area (Å²) in [4.78, 5) is 17.7.